The van der Waals surface area contributed by atoms with Crippen molar-refractivity contribution in [1.29, 1.82) is 0 Å². The Bertz CT molecular complexity index is 964. The molecule has 4 N–H and O–H groups in total. The highest BCUT2D eigenvalue weighted by molar-refractivity contribution is 7.87. The van der Waals surface area contributed by atoms with Crippen LogP contribution in [0.5, 0.6) is 0 Å². The number of nitrogens with zero attached hydrogens (tertiary/aromatic N) is 2. The van der Waals surface area contributed by atoms with E-state index < -0.39 is 22.0 Å². The minimum atomic E-state index is -4.16. The molecule has 9 heteroatoms. The van der Waals surface area contributed by atoms with Crippen LogP contribution in [0, 0.1) is 18.8 Å². The Hall–Kier alpha value is -2.23. The predicted molar refractivity (Wildman–Crippen MR) is 122 cm³/mol. The predicted octanol–water partition coefficient (Wildman–Crippen LogP) is 2.95. The van der Waals surface area contributed by atoms with Crippen LogP contribution in [0.1, 0.15) is 62.7 Å². The standard InChI is InChI=1S/C23H33N3O4S.H2O/c1-17-5-9-21(10-6-17)26-15-20(25-16-26)14-19(4-3-13-24)23(27)30-31(28,29)22-11-7-18(2)8-12-22;/h7-8,11-12,15-17,19,21H,3-6,9-10,13-14,24H2,1-2H3;1H2/t17?,19-,21?;/m0./s1. The minimum absolute atomic E-state index is 0. The molecule has 8 nitrogen and oxygen atoms in total. The number of carbonyl (C=O) groups is 1. The van der Waals surface area contributed by atoms with Gasteiger partial charge in [-0.25, -0.2) is 4.98 Å². The molecular weight excluding hydrogens is 430 g/mol. The third kappa shape index (κ3) is 6.88. The number of imidazole rings is 1. The summed E-state index contributed by atoms with van der Waals surface area (Å²) < 4.78 is 32.2. The van der Waals surface area contributed by atoms with E-state index in [1.54, 1.807) is 12.1 Å². The van der Waals surface area contributed by atoms with Crippen LogP contribution < -0.4 is 5.73 Å². The zero-order valence-corrected chi connectivity index (χ0v) is 19.7. The summed E-state index contributed by atoms with van der Waals surface area (Å²) in [5.41, 5.74) is 7.32. The van der Waals surface area contributed by atoms with Gasteiger partial charge in [-0.1, -0.05) is 24.6 Å². The van der Waals surface area contributed by atoms with Crippen molar-refractivity contribution in [1.82, 2.24) is 9.55 Å². The third-order valence-electron chi connectivity index (χ3n) is 6.11. The van der Waals surface area contributed by atoms with Crippen molar-refractivity contribution >= 4 is 16.1 Å². The summed E-state index contributed by atoms with van der Waals surface area (Å²) in [5.74, 6) is -0.598. The van der Waals surface area contributed by atoms with E-state index in [9.17, 15) is 13.2 Å². The molecule has 1 heterocycles. The smallest absolute Gasteiger partial charge is 0.341 e. The lowest BCUT2D eigenvalue weighted by atomic mass is 9.87. The molecular formula is C23H35N3O5S. The van der Waals surface area contributed by atoms with Crippen molar-refractivity contribution in [3.63, 3.8) is 0 Å². The van der Waals surface area contributed by atoms with E-state index in [2.05, 4.69) is 16.5 Å². The molecule has 1 aromatic carbocycles. The zero-order valence-electron chi connectivity index (χ0n) is 18.9. The van der Waals surface area contributed by atoms with E-state index >= 15 is 0 Å². The molecule has 1 aromatic heterocycles. The molecule has 0 radical (unpaired) electrons. The first-order valence-electron chi connectivity index (χ1n) is 11.1. The van der Waals surface area contributed by atoms with Crippen LogP contribution in [0.15, 0.2) is 41.7 Å². The van der Waals surface area contributed by atoms with Crippen LogP contribution in [0.4, 0.5) is 0 Å². The van der Waals surface area contributed by atoms with E-state index in [4.69, 9.17) is 9.92 Å². The fourth-order valence-electron chi connectivity index (χ4n) is 4.07. The van der Waals surface area contributed by atoms with Crippen molar-refractivity contribution < 1.29 is 22.9 Å². The average molecular weight is 466 g/mol. The van der Waals surface area contributed by atoms with Crippen molar-refractivity contribution in [2.24, 2.45) is 17.6 Å². The van der Waals surface area contributed by atoms with Gasteiger partial charge in [-0.05, 0) is 70.0 Å². The molecule has 1 saturated carbocycles. The molecule has 0 amide bonds. The van der Waals surface area contributed by atoms with Gasteiger partial charge in [-0.15, -0.1) is 0 Å². The Morgan fingerprint density at radius 3 is 2.50 bits per heavy atom. The van der Waals surface area contributed by atoms with Crippen LogP contribution in [0.25, 0.3) is 0 Å². The lowest BCUT2D eigenvalue weighted by Gasteiger charge is -2.26. The first-order chi connectivity index (χ1) is 14.8. The highest BCUT2D eigenvalue weighted by atomic mass is 32.2. The largest absolute Gasteiger partial charge is 0.412 e. The lowest BCUT2D eigenvalue weighted by molar-refractivity contribution is -0.138. The summed E-state index contributed by atoms with van der Waals surface area (Å²) in [6, 6.07) is 6.67. The Morgan fingerprint density at radius 1 is 1.22 bits per heavy atom. The van der Waals surface area contributed by atoms with Crippen molar-refractivity contribution in [2.45, 2.75) is 69.7 Å². The molecule has 0 unspecified atom stereocenters. The number of hydrogen-bond acceptors (Lipinski definition) is 6. The molecule has 2 aromatic rings. The molecule has 3 rings (SSSR count). The van der Waals surface area contributed by atoms with Crippen molar-refractivity contribution in [2.75, 3.05) is 6.54 Å². The van der Waals surface area contributed by atoms with Crippen LogP contribution in [-0.4, -0.2) is 36.0 Å². The van der Waals surface area contributed by atoms with E-state index in [0.717, 1.165) is 30.0 Å². The number of carbonyl (C=O) groups excluding carboxylic acids is 1. The van der Waals surface area contributed by atoms with Gasteiger partial charge in [0.05, 0.1) is 17.9 Å². The molecule has 1 fully saturated rings. The lowest BCUT2D eigenvalue weighted by Crippen LogP contribution is -2.24. The SMILES string of the molecule is Cc1ccc(S(=O)(=O)OC(=O)[C@@H](CCCN)Cc2cn(C3CCC(C)CC3)cn2)cc1.O. The van der Waals surface area contributed by atoms with Gasteiger partial charge in [-0.3, -0.25) is 4.79 Å². The number of rotatable bonds is 9. The van der Waals surface area contributed by atoms with Gasteiger partial charge in [0.1, 0.15) is 4.90 Å². The van der Waals surface area contributed by atoms with Gasteiger partial charge in [0.25, 0.3) is 0 Å². The van der Waals surface area contributed by atoms with Gasteiger partial charge in [0.2, 0.25) is 0 Å². The topological polar surface area (TPSA) is 136 Å². The van der Waals surface area contributed by atoms with E-state index in [0.29, 0.717) is 31.8 Å². The Kier molecular flexibility index (Phi) is 9.42. The summed E-state index contributed by atoms with van der Waals surface area (Å²) in [7, 11) is -4.16. The summed E-state index contributed by atoms with van der Waals surface area (Å²) >= 11 is 0. The van der Waals surface area contributed by atoms with E-state index in [1.165, 1.54) is 25.0 Å². The van der Waals surface area contributed by atoms with Crippen LogP contribution in [0.2, 0.25) is 0 Å². The molecule has 0 bridgehead atoms. The molecule has 1 aliphatic rings. The second-order valence-electron chi connectivity index (χ2n) is 8.73. The van der Waals surface area contributed by atoms with Gasteiger partial charge < -0.3 is 20.0 Å². The molecule has 0 aliphatic heterocycles. The molecule has 1 aliphatic carbocycles. The summed E-state index contributed by atoms with van der Waals surface area (Å²) in [4.78, 5) is 17.2. The zero-order chi connectivity index (χ0) is 22.4. The second-order valence-corrected chi connectivity index (χ2v) is 10.3. The monoisotopic (exact) mass is 465 g/mol. The summed E-state index contributed by atoms with van der Waals surface area (Å²) in [6.07, 6.45) is 9.87. The fraction of sp³-hybridized carbons (Fsp3) is 0.565. The van der Waals surface area contributed by atoms with E-state index in [1.807, 2.05) is 19.4 Å². The van der Waals surface area contributed by atoms with Crippen LogP contribution in [-0.2, 0) is 25.5 Å². The van der Waals surface area contributed by atoms with Crippen LogP contribution in [0.3, 0.4) is 0 Å². The van der Waals surface area contributed by atoms with Gasteiger partial charge >= 0.3 is 16.1 Å². The quantitative estimate of drug-likeness (QED) is 0.566. The number of nitrogens with two attached hydrogens (primary N) is 1. The number of hydrogen-bond donors (Lipinski definition) is 1. The summed E-state index contributed by atoms with van der Waals surface area (Å²) in [6.45, 7) is 4.56. The molecule has 32 heavy (non-hydrogen) atoms. The van der Waals surface area contributed by atoms with Crippen molar-refractivity contribution in [3.05, 3.63) is 48.0 Å². The molecule has 1 atom stereocenters. The Labute approximate surface area is 190 Å². The third-order valence-corrected chi connectivity index (χ3v) is 7.34. The number of aryl methyl sites for hydroxylation is 1. The fourth-order valence-corrected chi connectivity index (χ4v) is 4.99. The average Bonchev–Trinajstić information content (AvgIpc) is 3.20. The molecule has 178 valence electrons. The maximum absolute atomic E-state index is 12.8. The summed E-state index contributed by atoms with van der Waals surface area (Å²) in [5, 5.41) is 0. The first-order valence-corrected chi connectivity index (χ1v) is 12.5. The second kappa shape index (κ2) is 11.6. The first kappa shape index (κ1) is 26.0. The Morgan fingerprint density at radius 2 is 1.88 bits per heavy atom. The number of aromatic nitrogens is 2. The van der Waals surface area contributed by atoms with Gasteiger partial charge in [-0.2, -0.15) is 8.42 Å². The van der Waals surface area contributed by atoms with Gasteiger partial charge in [0, 0.05) is 18.7 Å². The molecule has 0 spiro atoms. The maximum Gasteiger partial charge on any atom is 0.341 e. The molecule has 0 saturated heterocycles. The van der Waals surface area contributed by atoms with Crippen molar-refractivity contribution in [3.8, 4) is 0 Å². The minimum Gasteiger partial charge on any atom is -0.412 e. The normalized spacial score (nSPS) is 19.7. The van der Waals surface area contributed by atoms with E-state index in [-0.39, 0.29) is 10.4 Å². The van der Waals surface area contributed by atoms with Gasteiger partial charge in [0.15, 0.2) is 0 Å². The highest BCUT2D eigenvalue weighted by Gasteiger charge is 2.28. The maximum atomic E-state index is 12.8. The number of benzene rings is 1. The highest BCUT2D eigenvalue weighted by Crippen LogP contribution is 2.32. The Balaban J connectivity index is 0.00000363. The van der Waals surface area contributed by atoms with Crippen LogP contribution >= 0.6 is 0 Å².